The largest absolute Gasteiger partial charge is 0.493 e. The van der Waals surface area contributed by atoms with Crippen molar-refractivity contribution in [2.45, 2.75) is 6.61 Å². The summed E-state index contributed by atoms with van der Waals surface area (Å²) < 4.78 is 11.2. The molecule has 0 aromatic heterocycles. The van der Waals surface area contributed by atoms with Crippen LogP contribution in [0.3, 0.4) is 0 Å². The number of methoxy groups -OCH3 is 1. The lowest BCUT2D eigenvalue weighted by atomic mass is 10.1. The Balaban J connectivity index is 1.66. The van der Waals surface area contributed by atoms with E-state index in [4.69, 9.17) is 55.9 Å². The lowest BCUT2D eigenvalue weighted by molar-refractivity contribution is -0.122. The topological polar surface area (TPSA) is 84.9 Å². The van der Waals surface area contributed by atoms with E-state index in [1.165, 1.54) is 37.5 Å². The van der Waals surface area contributed by atoms with Crippen LogP contribution in [0.4, 0.5) is 10.5 Å². The summed E-state index contributed by atoms with van der Waals surface area (Å²) in [6.07, 6.45) is 1.29. The SMILES string of the molecule is COc1cc(/C=C2\C(=O)NC(=O)N(c3ccc(Cl)c(Cl)c3)C2=O)cc(Cl)c1OCc1ccccc1Cl. The highest BCUT2D eigenvalue weighted by molar-refractivity contribution is 6.43. The Hall–Kier alpha value is -3.23. The van der Waals surface area contributed by atoms with E-state index in [9.17, 15) is 14.4 Å². The zero-order chi connectivity index (χ0) is 26.0. The van der Waals surface area contributed by atoms with Gasteiger partial charge in [-0.2, -0.15) is 0 Å². The number of urea groups is 1. The predicted octanol–water partition coefficient (Wildman–Crippen LogP) is 6.55. The minimum Gasteiger partial charge on any atom is -0.493 e. The molecule has 1 saturated heterocycles. The number of ether oxygens (including phenoxy) is 2. The number of barbiturate groups is 1. The number of carbonyl (C=O) groups excluding carboxylic acids is 3. The van der Waals surface area contributed by atoms with Crippen LogP contribution in [0.1, 0.15) is 11.1 Å². The molecule has 0 spiro atoms. The molecule has 1 heterocycles. The van der Waals surface area contributed by atoms with E-state index in [1.807, 2.05) is 12.1 Å². The van der Waals surface area contributed by atoms with Crippen molar-refractivity contribution in [1.82, 2.24) is 5.32 Å². The number of rotatable bonds is 6. The van der Waals surface area contributed by atoms with Gasteiger partial charge in [0.1, 0.15) is 12.2 Å². The highest BCUT2D eigenvalue weighted by Gasteiger charge is 2.37. The summed E-state index contributed by atoms with van der Waals surface area (Å²) in [7, 11) is 1.42. The van der Waals surface area contributed by atoms with Crippen molar-refractivity contribution >= 4 is 76.0 Å². The van der Waals surface area contributed by atoms with Gasteiger partial charge >= 0.3 is 6.03 Å². The molecule has 4 amide bonds. The number of amides is 4. The summed E-state index contributed by atoms with van der Waals surface area (Å²) in [6, 6.07) is 13.5. The number of nitrogens with zero attached hydrogens (tertiary/aromatic N) is 1. The third-order valence-electron chi connectivity index (χ3n) is 5.16. The second-order valence-corrected chi connectivity index (χ2v) is 9.10. The number of nitrogens with one attached hydrogen (secondary N) is 1. The summed E-state index contributed by atoms with van der Waals surface area (Å²) in [5.74, 6) is -1.19. The summed E-state index contributed by atoms with van der Waals surface area (Å²) in [6.45, 7) is 0.137. The molecule has 11 heteroatoms. The molecule has 0 atom stereocenters. The van der Waals surface area contributed by atoms with Crippen molar-refractivity contribution in [2.75, 3.05) is 12.0 Å². The molecule has 184 valence electrons. The van der Waals surface area contributed by atoms with E-state index < -0.39 is 17.8 Å². The van der Waals surface area contributed by atoms with Crippen LogP contribution in [-0.4, -0.2) is 25.0 Å². The minimum atomic E-state index is -0.917. The fourth-order valence-corrected chi connectivity index (χ4v) is 4.17. The van der Waals surface area contributed by atoms with Gasteiger partial charge in [-0.25, -0.2) is 9.69 Å². The molecule has 0 saturated carbocycles. The molecule has 1 fully saturated rings. The van der Waals surface area contributed by atoms with Crippen LogP contribution in [-0.2, 0) is 16.2 Å². The Bertz CT molecular complexity index is 1420. The van der Waals surface area contributed by atoms with Crippen LogP contribution in [0.5, 0.6) is 11.5 Å². The first-order valence-corrected chi connectivity index (χ1v) is 11.8. The lowest BCUT2D eigenvalue weighted by Gasteiger charge is -2.26. The first-order valence-electron chi connectivity index (χ1n) is 10.3. The van der Waals surface area contributed by atoms with Gasteiger partial charge in [-0.1, -0.05) is 64.6 Å². The summed E-state index contributed by atoms with van der Waals surface area (Å²) >= 11 is 24.6. The highest BCUT2D eigenvalue weighted by Crippen LogP contribution is 2.38. The molecular weight excluding hydrogens is 550 g/mol. The monoisotopic (exact) mass is 564 g/mol. The number of imide groups is 2. The van der Waals surface area contributed by atoms with Gasteiger partial charge in [0.2, 0.25) is 0 Å². The quantitative estimate of drug-likeness (QED) is 0.270. The van der Waals surface area contributed by atoms with Crippen molar-refractivity contribution in [3.63, 3.8) is 0 Å². The molecule has 4 rings (SSSR count). The molecule has 0 radical (unpaired) electrons. The van der Waals surface area contributed by atoms with E-state index in [2.05, 4.69) is 5.32 Å². The first kappa shape index (κ1) is 25.9. The minimum absolute atomic E-state index is 0.137. The van der Waals surface area contributed by atoms with Crippen LogP contribution in [0.15, 0.2) is 60.2 Å². The molecule has 3 aromatic carbocycles. The van der Waals surface area contributed by atoms with E-state index >= 15 is 0 Å². The van der Waals surface area contributed by atoms with E-state index in [-0.39, 0.29) is 44.4 Å². The second kappa shape index (κ2) is 10.8. The average Bonchev–Trinajstić information content (AvgIpc) is 2.83. The van der Waals surface area contributed by atoms with Crippen molar-refractivity contribution in [3.8, 4) is 11.5 Å². The molecule has 3 aromatic rings. The normalized spacial score (nSPS) is 14.8. The van der Waals surface area contributed by atoms with Crippen molar-refractivity contribution in [1.29, 1.82) is 0 Å². The summed E-state index contributed by atoms with van der Waals surface area (Å²) in [5.41, 5.74) is 0.955. The van der Waals surface area contributed by atoms with Gasteiger partial charge in [-0.05, 0) is 48.0 Å². The van der Waals surface area contributed by atoms with Crippen molar-refractivity contribution in [2.24, 2.45) is 0 Å². The highest BCUT2D eigenvalue weighted by atomic mass is 35.5. The number of carbonyl (C=O) groups is 3. The standard InChI is InChI=1S/C25H16Cl4N2O5/c1-35-21-10-13(9-20(29)22(21)36-12-14-4-2-3-5-17(14)26)8-16-23(32)30-25(34)31(24(16)33)15-6-7-18(27)19(28)11-15/h2-11H,12H2,1H3,(H,30,32,34)/b16-8+. The van der Waals surface area contributed by atoms with Gasteiger partial charge < -0.3 is 9.47 Å². The molecular formula is C25H16Cl4N2O5. The number of hydrogen-bond donors (Lipinski definition) is 1. The maximum Gasteiger partial charge on any atom is 0.335 e. The van der Waals surface area contributed by atoms with Crippen LogP contribution in [0.25, 0.3) is 6.08 Å². The van der Waals surface area contributed by atoms with Crippen LogP contribution in [0.2, 0.25) is 20.1 Å². The Kier molecular flexibility index (Phi) is 7.76. The average molecular weight is 566 g/mol. The Morgan fingerprint density at radius 1 is 0.889 bits per heavy atom. The number of anilines is 1. The number of hydrogen-bond acceptors (Lipinski definition) is 5. The molecule has 1 N–H and O–H groups in total. The fraction of sp³-hybridized carbons (Fsp3) is 0.0800. The molecule has 36 heavy (non-hydrogen) atoms. The lowest BCUT2D eigenvalue weighted by Crippen LogP contribution is -2.54. The molecule has 1 aliphatic heterocycles. The number of halogens is 4. The zero-order valence-electron chi connectivity index (χ0n) is 18.5. The number of benzene rings is 3. The fourth-order valence-electron chi connectivity index (χ4n) is 3.41. The smallest absolute Gasteiger partial charge is 0.335 e. The van der Waals surface area contributed by atoms with Gasteiger partial charge in [0, 0.05) is 10.6 Å². The van der Waals surface area contributed by atoms with Crippen LogP contribution >= 0.6 is 46.4 Å². The third-order valence-corrected chi connectivity index (χ3v) is 6.54. The molecule has 0 bridgehead atoms. The Morgan fingerprint density at radius 2 is 1.64 bits per heavy atom. The van der Waals surface area contributed by atoms with Gasteiger partial charge in [0.25, 0.3) is 11.8 Å². The first-order chi connectivity index (χ1) is 17.2. The summed E-state index contributed by atoms with van der Waals surface area (Å²) in [5, 5.41) is 3.24. The van der Waals surface area contributed by atoms with Gasteiger partial charge in [-0.3, -0.25) is 14.9 Å². The van der Waals surface area contributed by atoms with Crippen LogP contribution in [0, 0.1) is 0 Å². The Labute approximate surface area is 226 Å². The maximum atomic E-state index is 13.1. The molecule has 0 aliphatic carbocycles. The predicted molar refractivity (Wildman–Crippen MR) is 139 cm³/mol. The van der Waals surface area contributed by atoms with Gasteiger partial charge in [0.05, 0.1) is 27.9 Å². The van der Waals surface area contributed by atoms with E-state index in [1.54, 1.807) is 18.2 Å². The summed E-state index contributed by atoms with van der Waals surface area (Å²) in [4.78, 5) is 38.9. The Morgan fingerprint density at radius 3 is 2.33 bits per heavy atom. The molecule has 0 unspecified atom stereocenters. The van der Waals surface area contributed by atoms with Crippen molar-refractivity contribution < 1.29 is 23.9 Å². The van der Waals surface area contributed by atoms with Gasteiger partial charge in [0.15, 0.2) is 11.5 Å². The second-order valence-electron chi connectivity index (χ2n) is 7.47. The molecule has 1 aliphatic rings. The van der Waals surface area contributed by atoms with Crippen molar-refractivity contribution in [3.05, 3.63) is 91.4 Å². The van der Waals surface area contributed by atoms with Gasteiger partial charge in [-0.15, -0.1) is 0 Å². The van der Waals surface area contributed by atoms with E-state index in [0.29, 0.717) is 10.6 Å². The zero-order valence-corrected chi connectivity index (χ0v) is 21.5. The molecule has 7 nitrogen and oxygen atoms in total. The van der Waals surface area contributed by atoms with Crippen LogP contribution < -0.4 is 19.7 Å². The van der Waals surface area contributed by atoms with E-state index in [0.717, 1.165) is 10.5 Å². The maximum absolute atomic E-state index is 13.1. The third kappa shape index (κ3) is 5.29.